The molecule has 0 N–H and O–H groups in total. The van der Waals surface area contributed by atoms with Crippen LogP contribution in [-0.2, 0) is 0 Å². The quantitative estimate of drug-likeness (QED) is 0.782. The monoisotopic (exact) mass is 266 g/mol. The lowest BCUT2D eigenvalue weighted by Crippen LogP contribution is -2.38. The number of hydrogen-bond acceptors (Lipinski definition) is 5. The summed E-state index contributed by atoms with van der Waals surface area (Å²) in [7, 11) is 2.09. The molecule has 1 aromatic heterocycles. The van der Waals surface area contributed by atoms with E-state index in [9.17, 15) is 0 Å². The van der Waals surface area contributed by atoms with Gasteiger partial charge >= 0.3 is 0 Å². The van der Waals surface area contributed by atoms with E-state index < -0.39 is 0 Å². The number of ether oxygens (including phenoxy) is 1. The van der Waals surface area contributed by atoms with Crippen molar-refractivity contribution in [1.29, 1.82) is 5.26 Å². The maximum atomic E-state index is 8.78. The van der Waals surface area contributed by atoms with E-state index in [1.165, 1.54) is 12.5 Å². The number of likely N-dealkylation sites (N-methyl/N-ethyl adjacent to an activating group) is 1. The van der Waals surface area contributed by atoms with Crippen molar-refractivity contribution in [2.75, 3.05) is 13.6 Å². The Balaban J connectivity index is 2.09. The molecule has 2 heterocycles. The second-order valence-corrected chi connectivity index (χ2v) is 4.86. The predicted molar refractivity (Wildman–Crippen MR) is 67.5 cm³/mol. The largest absolute Gasteiger partial charge is 0.473 e. The van der Waals surface area contributed by atoms with Gasteiger partial charge in [0.05, 0.1) is 0 Å². The molecule has 1 fully saturated rings. The van der Waals surface area contributed by atoms with Gasteiger partial charge in [-0.05, 0) is 33.4 Å². The number of likely N-dealkylation sites (tertiary alicyclic amines) is 1. The van der Waals surface area contributed by atoms with Crippen LogP contribution in [0.3, 0.4) is 0 Å². The zero-order valence-electron chi connectivity index (χ0n) is 10.4. The number of nitriles is 1. The summed E-state index contributed by atoms with van der Waals surface area (Å²) < 4.78 is 5.76. The Morgan fingerprint density at radius 2 is 2.39 bits per heavy atom. The highest BCUT2D eigenvalue weighted by Crippen LogP contribution is 2.22. The smallest absolute Gasteiger partial charge is 0.236 e. The van der Waals surface area contributed by atoms with E-state index in [2.05, 4.69) is 21.9 Å². The van der Waals surface area contributed by atoms with Gasteiger partial charge in [0.15, 0.2) is 0 Å². The molecule has 96 valence electrons. The summed E-state index contributed by atoms with van der Waals surface area (Å²) in [5.41, 5.74) is 0. The third-order valence-corrected chi connectivity index (χ3v) is 3.39. The fraction of sp³-hybridized carbons (Fsp3) is 0.583. The molecule has 1 aliphatic heterocycles. The third kappa shape index (κ3) is 2.89. The van der Waals surface area contributed by atoms with Gasteiger partial charge in [-0.2, -0.15) is 10.2 Å². The van der Waals surface area contributed by atoms with Crippen LogP contribution >= 0.6 is 11.6 Å². The molecule has 0 aliphatic carbocycles. The highest BCUT2D eigenvalue weighted by molar-refractivity contribution is 6.29. The summed E-state index contributed by atoms with van der Waals surface area (Å²) in [5, 5.41) is 9.00. The average molecular weight is 267 g/mol. The van der Waals surface area contributed by atoms with Crippen LogP contribution < -0.4 is 4.74 Å². The maximum Gasteiger partial charge on any atom is 0.236 e. The molecule has 2 rings (SSSR count). The predicted octanol–water partition coefficient (Wildman–Crippen LogP) is 1.86. The Kier molecular flexibility index (Phi) is 4.00. The van der Waals surface area contributed by atoms with E-state index >= 15 is 0 Å². The molecule has 1 saturated heterocycles. The molecule has 6 heteroatoms. The van der Waals surface area contributed by atoms with Gasteiger partial charge in [0.2, 0.25) is 11.7 Å². The SMILES string of the molecule is C[C@H](Oc1cc(Cl)nc(C#N)n1)[C@@H]1CCCN1C. The summed E-state index contributed by atoms with van der Waals surface area (Å²) in [6.07, 6.45) is 2.31. The molecule has 0 radical (unpaired) electrons. The van der Waals surface area contributed by atoms with Crippen molar-refractivity contribution in [1.82, 2.24) is 14.9 Å². The Bertz CT molecular complexity index is 474. The minimum Gasteiger partial charge on any atom is -0.473 e. The second-order valence-electron chi connectivity index (χ2n) is 4.48. The van der Waals surface area contributed by atoms with E-state index in [0.29, 0.717) is 11.9 Å². The van der Waals surface area contributed by atoms with Gasteiger partial charge in [0.1, 0.15) is 17.3 Å². The average Bonchev–Trinajstić information content (AvgIpc) is 2.74. The molecule has 0 bridgehead atoms. The van der Waals surface area contributed by atoms with Crippen LogP contribution in [0.15, 0.2) is 6.07 Å². The molecule has 0 unspecified atom stereocenters. The molecule has 5 nitrogen and oxygen atoms in total. The Labute approximate surface area is 111 Å². The first-order valence-corrected chi connectivity index (χ1v) is 6.29. The number of hydrogen-bond donors (Lipinski definition) is 0. The molecule has 2 atom stereocenters. The second kappa shape index (κ2) is 5.51. The highest BCUT2D eigenvalue weighted by atomic mass is 35.5. The van der Waals surface area contributed by atoms with Crippen LogP contribution in [0.2, 0.25) is 5.15 Å². The molecule has 1 aromatic rings. The van der Waals surface area contributed by atoms with Crippen molar-refractivity contribution >= 4 is 11.6 Å². The molecule has 0 saturated carbocycles. The Morgan fingerprint density at radius 1 is 1.61 bits per heavy atom. The van der Waals surface area contributed by atoms with Crippen LogP contribution in [0.5, 0.6) is 5.88 Å². The van der Waals surface area contributed by atoms with Gasteiger partial charge in [-0.1, -0.05) is 11.6 Å². The van der Waals surface area contributed by atoms with Crippen molar-refractivity contribution in [3.63, 3.8) is 0 Å². The minimum atomic E-state index is 0.00927. The van der Waals surface area contributed by atoms with E-state index in [4.69, 9.17) is 21.6 Å². The topological polar surface area (TPSA) is 62.0 Å². The molecule has 18 heavy (non-hydrogen) atoms. The molecular formula is C12H15ClN4O. The summed E-state index contributed by atoms with van der Waals surface area (Å²) in [4.78, 5) is 10.0. The minimum absolute atomic E-state index is 0.00927. The third-order valence-electron chi connectivity index (χ3n) is 3.20. The lowest BCUT2D eigenvalue weighted by molar-refractivity contribution is 0.116. The van der Waals surface area contributed by atoms with Gasteiger partial charge in [-0.3, -0.25) is 4.90 Å². The van der Waals surface area contributed by atoms with Crippen molar-refractivity contribution in [3.05, 3.63) is 17.0 Å². The number of aromatic nitrogens is 2. The van der Waals surface area contributed by atoms with Crippen LogP contribution in [0, 0.1) is 11.3 Å². The zero-order chi connectivity index (χ0) is 13.1. The zero-order valence-corrected chi connectivity index (χ0v) is 11.2. The lowest BCUT2D eigenvalue weighted by atomic mass is 10.1. The van der Waals surface area contributed by atoms with Gasteiger partial charge < -0.3 is 4.74 Å². The fourth-order valence-electron chi connectivity index (χ4n) is 2.31. The van der Waals surface area contributed by atoms with E-state index in [1.807, 2.05) is 13.0 Å². The molecule has 1 aliphatic rings. The number of nitrogens with zero attached hydrogens (tertiary/aromatic N) is 4. The molecule has 0 aromatic carbocycles. The fourth-order valence-corrected chi connectivity index (χ4v) is 2.48. The van der Waals surface area contributed by atoms with Gasteiger partial charge in [-0.25, -0.2) is 4.98 Å². The summed E-state index contributed by atoms with van der Waals surface area (Å²) in [6, 6.07) is 3.78. The van der Waals surface area contributed by atoms with Crippen molar-refractivity contribution < 1.29 is 4.74 Å². The maximum absolute atomic E-state index is 8.78. The van der Waals surface area contributed by atoms with Gasteiger partial charge in [0, 0.05) is 12.1 Å². The highest BCUT2D eigenvalue weighted by Gasteiger charge is 2.28. The standard InChI is InChI=1S/C12H15ClN4O/c1-8(9-4-3-5-17(9)2)18-12-6-10(13)15-11(7-14)16-12/h6,8-9H,3-5H2,1-2H3/t8-,9-/m0/s1. The summed E-state index contributed by atoms with van der Waals surface area (Å²) in [6.45, 7) is 3.10. The Hall–Kier alpha value is -1.38. The van der Waals surface area contributed by atoms with E-state index in [1.54, 1.807) is 0 Å². The van der Waals surface area contributed by atoms with Crippen LogP contribution in [0.4, 0.5) is 0 Å². The van der Waals surface area contributed by atoms with Gasteiger partial charge in [-0.15, -0.1) is 0 Å². The Morgan fingerprint density at radius 3 is 3.00 bits per heavy atom. The van der Waals surface area contributed by atoms with E-state index in [0.717, 1.165) is 13.0 Å². The molecule has 0 amide bonds. The number of halogens is 1. The normalized spacial score (nSPS) is 21.6. The summed E-state index contributed by atoms with van der Waals surface area (Å²) >= 11 is 5.81. The van der Waals surface area contributed by atoms with Crippen LogP contribution in [-0.4, -0.2) is 40.6 Å². The van der Waals surface area contributed by atoms with Crippen molar-refractivity contribution in [2.45, 2.75) is 31.9 Å². The molecule has 0 spiro atoms. The lowest BCUT2D eigenvalue weighted by Gasteiger charge is -2.26. The van der Waals surface area contributed by atoms with Crippen molar-refractivity contribution in [2.24, 2.45) is 0 Å². The van der Waals surface area contributed by atoms with Crippen LogP contribution in [0.1, 0.15) is 25.6 Å². The van der Waals surface area contributed by atoms with Crippen LogP contribution in [0.25, 0.3) is 0 Å². The summed E-state index contributed by atoms with van der Waals surface area (Å²) in [5.74, 6) is 0.392. The van der Waals surface area contributed by atoms with Crippen molar-refractivity contribution in [3.8, 4) is 11.9 Å². The molecular weight excluding hydrogens is 252 g/mol. The number of rotatable bonds is 3. The first kappa shape index (κ1) is 13.1. The van der Waals surface area contributed by atoms with Gasteiger partial charge in [0.25, 0.3) is 0 Å². The first-order chi connectivity index (χ1) is 8.60. The van der Waals surface area contributed by atoms with E-state index in [-0.39, 0.29) is 17.1 Å². The first-order valence-electron chi connectivity index (χ1n) is 5.91.